The van der Waals surface area contributed by atoms with Gasteiger partial charge in [-0.25, -0.2) is 0 Å². The Balaban J connectivity index is 4.23. The number of hydrogen-bond donors (Lipinski definition) is 0. The summed E-state index contributed by atoms with van der Waals surface area (Å²) in [6.45, 7) is 11.5. The molecule has 0 aromatic carbocycles. The molecule has 3 atom stereocenters. The highest BCUT2D eigenvalue weighted by atomic mass is 16.6. The van der Waals surface area contributed by atoms with Gasteiger partial charge in [-0.2, -0.15) is 0 Å². The predicted molar refractivity (Wildman–Crippen MR) is 289 cm³/mol. The lowest BCUT2D eigenvalue weighted by molar-refractivity contribution is -0.167. The molecule has 0 saturated heterocycles. The summed E-state index contributed by atoms with van der Waals surface area (Å²) in [5, 5.41) is 0. The van der Waals surface area contributed by atoms with Gasteiger partial charge in [0.15, 0.2) is 6.10 Å². The average molecular weight is 948 g/mol. The normalized spacial score (nSPS) is 12.9. The van der Waals surface area contributed by atoms with Gasteiger partial charge in [0.2, 0.25) is 0 Å². The largest absolute Gasteiger partial charge is 0.462 e. The summed E-state index contributed by atoms with van der Waals surface area (Å²) in [7, 11) is 0. The fraction of sp³-hybridized carbons (Fsp3) is 0.951. The Morgan fingerprint density at radius 3 is 0.776 bits per heavy atom. The Morgan fingerprint density at radius 2 is 0.522 bits per heavy atom. The van der Waals surface area contributed by atoms with Crippen molar-refractivity contribution >= 4 is 17.9 Å². The molecule has 0 amide bonds. The minimum absolute atomic E-state index is 0.0627. The van der Waals surface area contributed by atoms with E-state index in [0.717, 1.165) is 69.6 Å². The van der Waals surface area contributed by atoms with Gasteiger partial charge in [-0.15, -0.1) is 0 Å². The van der Waals surface area contributed by atoms with E-state index in [0.29, 0.717) is 19.3 Å². The van der Waals surface area contributed by atoms with Crippen molar-refractivity contribution in [2.75, 3.05) is 13.2 Å². The van der Waals surface area contributed by atoms with E-state index in [1.54, 1.807) is 0 Å². The summed E-state index contributed by atoms with van der Waals surface area (Å²) in [5.74, 6) is 0.919. The van der Waals surface area contributed by atoms with Gasteiger partial charge in [0.1, 0.15) is 13.2 Å². The molecule has 0 rings (SSSR count). The van der Waals surface area contributed by atoms with Gasteiger partial charge in [-0.1, -0.05) is 304 Å². The smallest absolute Gasteiger partial charge is 0.306 e. The first-order valence-electron chi connectivity index (χ1n) is 30.3. The Kier molecular flexibility index (Phi) is 52.5. The van der Waals surface area contributed by atoms with Gasteiger partial charge in [0, 0.05) is 19.3 Å². The molecule has 0 N–H and O–H groups in total. The lowest BCUT2D eigenvalue weighted by Crippen LogP contribution is -2.30. The summed E-state index contributed by atoms with van der Waals surface area (Å²) < 4.78 is 16.9. The predicted octanol–water partition coefficient (Wildman–Crippen LogP) is 20.0. The molecule has 0 fully saturated rings. The second-order valence-electron chi connectivity index (χ2n) is 21.5. The number of carbonyl (C=O) groups is 3. The van der Waals surface area contributed by atoms with Crippen molar-refractivity contribution in [1.29, 1.82) is 0 Å². The number of unbranched alkanes of at least 4 members (excludes halogenated alkanes) is 38. The molecular weight excluding hydrogens is 829 g/mol. The van der Waals surface area contributed by atoms with Crippen molar-refractivity contribution in [3.05, 3.63) is 0 Å². The monoisotopic (exact) mass is 947 g/mol. The number of ether oxygens (including phenoxy) is 3. The molecule has 398 valence electrons. The van der Waals surface area contributed by atoms with Gasteiger partial charge in [-0.3, -0.25) is 14.4 Å². The van der Waals surface area contributed by atoms with E-state index in [-0.39, 0.29) is 31.1 Å². The van der Waals surface area contributed by atoms with Crippen molar-refractivity contribution < 1.29 is 28.6 Å². The summed E-state index contributed by atoms with van der Waals surface area (Å²) in [6.07, 6.45) is 58.0. The van der Waals surface area contributed by atoms with Gasteiger partial charge < -0.3 is 14.2 Å². The second kappa shape index (κ2) is 53.8. The molecule has 0 bridgehead atoms. The zero-order valence-corrected chi connectivity index (χ0v) is 46.0. The molecule has 0 aliphatic carbocycles. The molecule has 2 unspecified atom stereocenters. The lowest BCUT2D eigenvalue weighted by Gasteiger charge is -2.18. The molecular formula is C61H118O6. The topological polar surface area (TPSA) is 78.9 Å². The first-order chi connectivity index (χ1) is 32.8. The molecule has 0 spiro atoms. The average Bonchev–Trinajstić information content (AvgIpc) is 3.33. The van der Waals surface area contributed by atoms with Crippen LogP contribution in [0.25, 0.3) is 0 Å². The van der Waals surface area contributed by atoms with Crippen LogP contribution < -0.4 is 0 Å². The van der Waals surface area contributed by atoms with E-state index < -0.39 is 6.10 Å². The summed E-state index contributed by atoms with van der Waals surface area (Å²) in [4.78, 5) is 38.2. The van der Waals surface area contributed by atoms with Crippen LogP contribution in [-0.4, -0.2) is 37.2 Å². The van der Waals surface area contributed by atoms with Crippen LogP contribution in [-0.2, 0) is 28.6 Å². The number of hydrogen-bond acceptors (Lipinski definition) is 6. The van der Waals surface area contributed by atoms with E-state index in [2.05, 4.69) is 34.6 Å². The maximum Gasteiger partial charge on any atom is 0.306 e. The van der Waals surface area contributed by atoms with Crippen LogP contribution in [0.1, 0.15) is 343 Å². The minimum Gasteiger partial charge on any atom is -0.462 e. The number of carbonyl (C=O) groups excluding carboxylic acids is 3. The standard InChI is InChI=1S/C61H118O6/c1-6-9-10-11-12-13-14-15-20-25-28-31-38-43-48-53-61(64)67-58(55-66-60(63)52-47-42-37-33-32-35-40-45-50-57(5)8-3)54-65-59(62)51-46-41-36-30-27-24-22-19-17-16-18-21-23-26-29-34-39-44-49-56(4)7-2/h56-58H,6-55H2,1-5H3/t56?,57?,58-/m0/s1. The molecule has 0 aliphatic heterocycles. The van der Waals surface area contributed by atoms with Crippen molar-refractivity contribution in [3.8, 4) is 0 Å². The molecule has 0 heterocycles. The lowest BCUT2D eigenvalue weighted by atomic mass is 9.99. The quantitative estimate of drug-likeness (QED) is 0.0343. The first-order valence-corrected chi connectivity index (χ1v) is 30.3. The highest BCUT2D eigenvalue weighted by molar-refractivity contribution is 5.71. The SMILES string of the molecule is CCCCCCCCCCCCCCCCCC(=O)O[C@@H](COC(=O)CCCCCCCCCCCCCCCCCCCCC(C)CC)COC(=O)CCCCCCCCCCC(C)CC. The molecule has 0 saturated carbocycles. The fourth-order valence-corrected chi connectivity index (χ4v) is 9.34. The summed E-state index contributed by atoms with van der Waals surface area (Å²) in [6, 6.07) is 0. The van der Waals surface area contributed by atoms with Gasteiger partial charge in [0.05, 0.1) is 0 Å². The third kappa shape index (κ3) is 52.1. The van der Waals surface area contributed by atoms with Crippen molar-refractivity contribution in [2.45, 2.75) is 349 Å². The van der Waals surface area contributed by atoms with Crippen LogP contribution >= 0.6 is 0 Å². The van der Waals surface area contributed by atoms with Crippen molar-refractivity contribution in [2.24, 2.45) is 11.8 Å². The highest BCUT2D eigenvalue weighted by Crippen LogP contribution is 2.19. The van der Waals surface area contributed by atoms with E-state index in [4.69, 9.17) is 14.2 Å². The zero-order chi connectivity index (χ0) is 48.9. The van der Waals surface area contributed by atoms with Crippen LogP contribution in [0, 0.1) is 11.8 Å². The minimum atomic E-state index is -0.763. The summed E-state index contributed by atoms with van der Waals surface area (Å²) in [5.41, 5.74) is 0. The highest BCUT2D eigenvalue weighted by Gasteiger charge is 2.19. The van der Waals surface area contributed by atoms with Crippen molar-refractivity contribution in [1.82, 2.24) is 0 Å². The van der Waals surface area contributed by atoms with Crippen LogP contribution in [0.4, 0.5) is 0 Å². The van der Waals surface area contributed by atoms with Crippen LogP contribution in [0.2, 0.25) is 0 Å². The molecule has 0 radical (unpaired) electrons. The van der Waals surface area contributed by atoms with Crippen LogP contribution in [0.3, 0.4) is 0 Å². The first kappa shape index (κ1) is 65.4. The Morgan fingerprint density at radius 1 is 0.299 bits per heavy atom. The fourth-order valence-electron chi connectivity index (χ4n) is 9.34. The molecule has 67 heavy (non-hydrogen) atoms. The molecule has 0 aromatic heterocycles. The van der Waals surface area contributed by atoms with Crippen LogP contribution in [0.15, 0.2) is 0 Å². The third-order valence-corrected chi connectivity index (χ3v) is 14.7. The maximum atomic E-state index is 12.9. The number of esters is 3. The second-order valence-corrected chi connectivity index (χ2v) is 21.5. The van der Waals surface area contributed by atoms with Crippen LogP contribution in [0.5, 0.6) is 0 Å². The van der Waals surface area contributed by atoms with Crippen molar-refractivity contribution in [3.63, 3.8) is 0 Å². The number of rotatable bonds is 55. The molecule has 0 aliphatic rings. The molecule has 6 nitrogen and oxygen atoms in total. The van der Waals surface area contributed by atoms with E-state index in [1.165, 1.54) is 231 Å². The Labute approximate surface area is 418 Å². The van der Waals surface area contributed by atoms with Gasteiger partial charge in [0.25, 0.3) is 0 Å². The zero-order valence-electron chi connectivity index (χ0n) is 46.0. The Bertz CT molecular complexity index is 1030. The maximum absolute atomic E-state index is 12.9. The van der Waals surface area contributed by atoms with Gasteiger partial charge >= 0.3 is 17.9 Å². The Hall–Kier alpha value is -1.59. The van der Waals surface area contributed by atoms with E-state index in [1.807, 2.05) is 0 Å². The molecule has 0 aromatic rings. The summed E-state index contributed by atoms with van der Waals surface area (Å²) >= 11 is 0. The third-order valence-electron chi connectivity index (χ3n) is 14.7. The molecule has 6 heteroatoms. The van der Waals surface area contributed by atoms with Gasteiger partial charge in [-0.05, 0) is 31.1 Å². The van der Waals surface area contributed by atoms with E-state index in [9.17, 15) is 14.4 Å². The van der Waals surface area contributed by atoms with E-state index >= 15 is 0 Å².